The molecule has 0 fully saturated rings. The summed E-state index contributed by atoms with van der Waals surface area (Å²) in [7, 11) is -9.90. The number of carbonyl (C=O) groups is 4. The molecule has 19 heteroatoms. The lowest BCUT2D eigenvalue weighted by atomic mass is 9.99. The molecule has 564 valence electrons. The molecule has 0 aliphatic carbocycles. The van der Waals surface area contributed by atoms with Gasteiger partial charge in [0.2, 0.25) is 0 Å². The lowest BCUT2D eigenvalue weighted by molar-refractivity contribution is -0.161. The molecule has 0 radical (unpaired) electrons. The smallest absolute Gasteiger partial charge is 0.462 e. The van der Waals surface area contributed by atoms with Gasteiger partial charge in [-0.15, -0.1) is 0 Å². The van der Waals surface area contributed by atoms with Crippen LogP contribution in [0.1, 0.15) is 401 Å². The first-order chi connectivity index (χ1) is 46.1. The van der Waals surface area contributed by atoms with E-state index in [2.05, 4.69) is 34.6 Å². The van der Waals surface area contributed by atoms with Crippen LogP contribution in [0.4, 0.5) is 0 Å². The van der Waals surface area contributed by atoms with Crippen molar-refractivity contribution in [1.29, 1.82) is 0 Å². The summed E-state index contributed by atoms with van der Waals surface area (Å²) in [5.41, 5.74) is 0. The van der Waals surface area contributed by atoms with Gasteiger partial charge in [-0.25, -0.2) is 9.13 Å². The third-order valence-electron chi connectivity index (χ3n) is 18.1. The van der Waals surface area contributed by atoms with E-state index in [1.54, 1.807) is 0 Å². The summed E-state index contributed by atoms with van der Waals surface area (Å²) in [4.78, 5) is 72.6. The zero-order chi connectivity index (χ0) is 69.8. The van der Waals surface area contributed by atoms with Crippen LogP contribution in [0, 0.1) is 5.92 Å². The highest BCUT2D eigenvalue weighted by atomic mass is 31.2. The Morgan fingerprint density at radius 2 is 0.505 bits per heavy atom. The minimum Gasteiger partial charge on any atom is -0.462 e. The normalized spacial score (nSPS) is 14.2. The second-order valence-corrected chi connectivity index (χ2v) is 30.5. The Labute approximate surface area is 581 Å². The van der Waals surface area contributed by atoms with Crippen molar-refractivity contribution in [1.82, 2.24) is 0 Å². The van der Waals surface area contributed by atoms with Crippen molar-refractivity contribution >= 4 is 39.5 Å². The third-order valence-corrected chi connectivity index (χ3v) is 20.0. The van der Waals surface area contributed by atoms with Gasteiger partial charge in [-0.3, -0.25) is 37.3 Å². The lowest BCUT2D eigenvalue weighted by Crippen LogP contribution is -2.30. The predicted molar refractivity (Wildman–Crippen MR) is 386 cm³/mol. The van der Waals surface area contributed by atoms with Gasteiger partial charge in [0.15, 0.2) is 12.2 Å². The van der Waals surface area contributed by atoms with Gasteiger partial charge in [0.25, 0.3) is 0 Å². The van der Waals surface area contributed by atoms with E-state index in [0.29, 0.717) is 25.7 Å². The summed E-state index contributed by atoms with van der Waals surface area (Å²) in [5.74, 6) is -1.28. The Bertz CT molecular complexity index is 1820. The van der Waals surface area contributed by atoms with Crippen LogP contribution in [0.15, 0.2) is 0 Å². The molecule has 0 spiro atoms. The fraction of sp³-hybridized carbons (Fsp3) is 0.947. The zero-order valence-electron chi connectivity index (χ0n) is 61.8. The average Bonchev–Trinajstić information content (AvgIpc) is 2.58. The van der Waals surface area contributed by atoms with Crippen molar-refractivity contribution in [3.63, 3.8) is 0 Å². The van der Waals surface area contributed by atoms with Crippen molar-refractivity contribution < 1.29 is 80.2 Å². The number of hydrogen-bond acceptors (Lipinski definition) is 15. The van der Waals surface area contributed by atoms with E-state index in [1.807, 2.05) is 0 Å². The predicted octanol–water partition coefficient (Wildman–Crippen LogP) is 22.5. The van der Waals surface area contributed by atoms with E-state index in [0.717, 1.165) is 102 Å². The molecule has 0 aromatic heterocycles. The molecular formula is C76H148O17P2. The van der Waals surface area contributed by atoms with Crippen LogP contribution in [0.2, 0.25) is 0 Å². The van der Waals surface area contributed by atoms with Gasteiger partial charge in [0.1, 0.15) is 19.3 Å². The topological polar surface area (TPSA) is 237 Å². The number of phosphoric ester groups is 2. The molecule has 3 unspecified atom stereocenters. The van der Waals surface area contributed by atoms with Gasteiger partial charge in [-0.1, -0.05) is 349 Å². The Balaban J connectivity index is 5.14. The Hall–Kier alpha value is -1.94. The first-order valence-corrected chi connectivity index (χ1v) is 42.7. The van der Waals surface area contributed by atoms with Gasteiger partial charge in [-0.05, 0) is 31.6 Å². The van der Waals surface area contributed by atoms with Crippen LogP contribution in [0.3, 0.4) is 0 Å². The summed E-state index contributed by atoms with van der Waals surface area (Å²) < 4.78 is 68.3. The monoisotopic (exact) mass is 1400 g/mol. The number of hydrogen-bond donors (Lipinski definition) is 3. The minimum atomic E-state index is -4.95. The Morgan fingerprint density at radius 1 is 0.295 bits per heavy atom. The largest absolute Gasteiger partial charge is 0.472 e. The van der Waals surface area contributed by atoms with Crippen molar-refractivity contribution in [2.45, 2.75) is 419 Å². The molecule has 0 aliphatic heterocycles. The number of rotatable bonds is 76. The maximum atomic E-state index is 13.1. The number of aliphatic hydroxyl groups is 1. The maximum absolute atomic E-state index is 13.1. The molecule has 0 aliphatic rings. The van der Waals surface area contributed by atoms with E-state index in [4.69, 9.17) is 37.0 Å². The molecule has 3 N–H and O–H groups in total. The second kappa shape index (κ2) is 69.2. The zero-order valence-corrected chi connectivity index (χ0v) is 63.6. The molecule has 0 saturated heterocycles. The first kappa shape index (κ1) is 93.1. The number of esters is 4. The van der Waals surface area contributed by atoms with Crippen molar-refractivity contribution in [2.75, 3.05) is 39.6 Å². The molecule has 0 bridgehead atoms. The van der Waals surface area contributed by atoms with Gasteiger partial charge in [0.05, 0.1) is 26.4 Å². The number of unbranched alkanes of at least 4 members (excludes halogenated alkanes) is 47. The molecule has 17 nitrogen and oxygen atoms in total. The number of phosphoric acid groups is 2. The molecule has 0 aromatic rings. The Kier molecular flexibility index (Phi) is 67.7. The highest BCUT2D eigenvalue weighted by Crippen LogP contribution is 2.45. The number of ether oxygens (including phenoxy) is 4. The van der Waals surface area contributed by atoms with Crippen LogP contribution in [0.25, 0.3) is 0 Å². The Morgan fingerprint density at radius 3 is 0.747 bits per heavy atom. The quantitative estimate of drug-likeness (QED) is 0.0222. The third kappa shape index (κ3) is 69.0. The van der Waals surface area contributed by atoms with E-state index >= 15 is 0 Å². The second-order valence-electron chi connectivity index (χ2n) is 27.6. The van der Waals surface area contributed by atoms with Crippen molar-refractivity contribution in [2.24, 2.45) is 5.92 Å². The first-order valence-electron chi connectivity index (χ1n) is 39.7. The highest BCUT2D eigenvalue weighted by Gasteiger charge is 2.30. The SMILES string of the molecule is CCCCCCCCCCCCCCCCCCC(=O)OC[C@H](COP(=O)(O)OC[C@@H](O)COP(=O)(O)OC[C@@H](COC(=O)CCCCCCC)OC(=O)CCCCCCCCCCCCCCCCCC)OC(=O)CCCCCCCCCCCCCCCCC(C)CC. The van der Waals surface area contributed by atoms with Gasteiger partial charge in [0, 0.05) is 25.7 Å². The highest BCUT2D eigenvalue weighted by molar-refractivity contribution is 7.47. The summed E-state index contributed by atoms with van der Waals surface area (Å²) in [6.07, 6.45) is 58.5. The minimum absolute atomic E-state index is 0.108. The van der Waals surface area contributed by atoms with Gasteiger partial charge < -0.3 is 33.8 Å². The number of aliphatic hydroxyl groups excluding tert-OH is 1. The van der Waals surface area contributed by atoms with Crippen LogP contribution in [-0.4, -0.2) is 96.7 Å². The molecule has 6 atom stereocenters. The summed E-state index contributed by atoms with van der Waals surface area (Å²) >= 11 is 0. The fourth-order valence-electron chi connectivity index (χ4n) is 11.7. The molecule has 0 saturated carbocycles. The summed E-state index contributed by atoms with van der Waals surface area (Å²) in [6.45, 7) is 7.27. The molecule has 0 aromatic carbocycles. The lowest BCUT2D eigenvalue weighted by Gasteiger charge is -2.21. The fourth-order valence-corrected chi connectivity index (χ4v) is 13.3. The van der Waals surface area contributed by atoms with Crippen molar-refractivity contribution in [3.8, 4) is 0 Å². The van der Waals surface area contributed by atoms with Gasteiger partial charge in [-0.2, -0.15) is 0 Å². The van der Waals surface area contributed by atoms with Crippen LogP contribution in [0.5, 0.6) is 0 Å². The number of carbonyl (C=O) groups excluding carboxylic acids is 4. The van der Waals surface area contributed by atoms with E-state index in [1.165, 1.54) is 218 Å². The molecule has 0 heterocycles. The van der Waals surface area contributed by atoms with E-state index < -0.39 is 97.5 Å². The maximum Gasteiger partial charge on any atom is 0.472 e. The van der Waals surface area contributed by atoms with Gasteiger partial charge >= 0.3 is 39.5 Å². The standard InChI is InChI=1S/C76H148O17P2/c1-6-10-13-16-18-20-22-24-26-28-33-37-41-45-50-55-60-74(79)87-66-72(93-76(81)62-57-52-47-43-39-35-31-30-32-36-40-44-49-53-58-69(5)9-4)68-91-95(84,85)89-64-70(77)63-88-94(82,83)90-67-71(65-86-73(78)59-54-48-15-12-8-3)92-75(80)61-56-51-46-42-38-34-29-27-25-23-21-19-17-14-11-7-2/h69-72,77H,6-68H2,1-5H3,(H,82,83)(H,84,85)/t69?,70-,71+,72+/m0/s1. The van der Waals surface area contributed by atoms with Crippen LogP contribution < -0.4 is 0 Å². The molecule has 0 rings (SSSR count). The van der Waals surface area contributed by atoms with Crippen LogP contribution >= 0.6 is 15.6 Å². The van der Waals surface area contributed by atoms with Crippen molar-refractivity contribution in [3.05, 3.63) is 0 Å². The molecular weight excluding hydrogens is 1250 g/mol. The molecule has 95 heavy (non-hydrogen) atoms. The summed E-state index contributed by atoms with van der Waals surface area (Å²) in [6, 6.07) is 0. The van der Waals surface area contributed by atoms with E-state index in [9.17, 15) is 43.2 Å². The average molecular weight is 1400 g/mol. The van der Waals surface area contributed by atoms with E-state index in [-0.39, 0.29) is 25.7 Å². The molecule has 0 amide bonds. The summed E-state index contributed by atoms with van der Waals surface area (Å²) in [5, 5.41) is 10.6. The van der Waals surface area contributed by atoms with Crippen LogP contribution in [-0.2, 0) is 65.4 Å².